The number of carbonyl (C=O) groups excluding carboxylic acids is 1. The Bertz CT molecular complexity index is 2240. The minimum atomic E-state index is -0.256. The molecule has 0 unspecified atom stereocenters. The summed E-state index contributed by atoms with van der Waals surface area (Å²) >= 11 is 6.02. The van der Waals surface area contributed by atoms with Crippen LogP contribution >= 0.6 is 11.6 Å². The molecule has 6 rings (SSSR count). The van der Waals surface area contributed by atoms with Crippen molar-refractivity contribution in [2.75, 3.05) is 65.9 Å². The maximum atomic E-state index is 14.5. The Morgan fingerprint density at radius 3 is 2.29 bits per heavy atom. The van der Waals surface area contributed by atoms with Gasteiger partial charge in [0.15, 0.2) is 5.65 Å². The molecule has 0 aliphatic carbocycles. The standard InChI is InChI=1S/C45H54ClFN6O5/c1-5-51(6-2)43(54)29-41-44(50-53-33(4)26-32(3)49-45(41)53)35-10-14-39(15-11-35)58-20-7-19-55-22-24-57-25-23-56-21-17-48-30-36-27-38(47)28-42-40(36)16-18-52(42)31-34-8-12-37(46)13-9-34/h8-16,18,26-28,48H,5-7,17,19-25,29-31H2,1-4H3. The van der Waals surface area contributed by atoms with Gasteiger partial charge in [0.1, 0.15) is 11.6 Å². The van der Waals surface area contributed by atoms with Gasteiger partial charge in [-0.2, -0.15) is 5.10 Å². The Balaban J connectivity index is 0.828. The van der Waals surface area contributed by atoms with Gasteiger partial charge in [0.05, 0.1) is 57.3 Å². The lowest BCUT2D eigenvalue weighted by Gasteiger charge is -2.18. The number of benzene rings is 3. The molecular weight excluding hydrogens is 759 g/mol. The zero-order valence-electron chi connectivity index (χ0n) is 33.9. The van der Waals surface area contributed by atoms with Crippen LogP contribution in [-0.4, -0.2) is 95.9 Å². The minimum Gasteiger partial charge on any atom is -0.494 e. The van der Waals surface area contributed by atoms with Crippen LogP contribution in [0.3, 0.4) is 0 Å². The third-order valence-corrected chi connectivity index (χ3v) is 10.2. The fourth-order valence-electron chi connectivity index (χ4n) is 6.97. The number of hydrogen-bond acceptors (Lipinski definition) is 8. The molecule has 0 saturated carbocycles. The number of likely N-dealkylation sites (N-methyl/N-ethyl adjacent to an activating group) is 1. The molecule has 0 saturated heterocycles. The fourth-order valence-corrected chi connectivity index (χ4v) is 7.10. The van der Waals surface area contributed by atoms with E-state index in [4.69, 9.17) is 40.6 Å². The topological polar surface area (TPSA) is 104 Å². The highest BCUT2D eigenvalue weighted by atomic mass is 35.5. The van der Waals surface area contributed by atoms with Crippen molar-refractivity contribution >= 4 is 34.1 Å². The number of fused-ring (bicyclic) bond motifs is 2. The second-order valence-corrected chi connectivity index (χ2v) is 14.6. The van der Waals surface area contributed by atoms with Crippen molar-refractivity contribution in [1.29, 1.82) is 0 Å². The highest BCUT2D eigenvalue weighted by Crippen LogP contribution is 2.29. The lowest BCUT2D eigenvalue weighted by atomic mass is 10.0. The van der Waals surface area contributed by atoms with Gasteiger partial charge in [-0.3, -0.25) is 4.79 Å². The van der Waals surface area contributed by atoms with Crippen molar-refractivity contribution in [3.63, 3.8) is 0 Å². The first kappa shape index (κ1) is 42.7. The van der Waals surface area contributed by atoms with Crippen molar-refractivity contribution in [1.82, 2.24) is 29.4 Å². The van der Waals surface area contributed by atoms with Crippen LogP contribution in [-0.2, 0) is 38.5 Å². The average Bonchev–Trinajstić information content (AvgIpc) is 3.78. The summed E-state index contributed by atoms with van der Waals surface area (Å²) in [5.74, 6) is 0.559. The normalized spacial score (nSPS) is 11.6. The lowest BCUT2D eigenvalue weighted by molar-refractivity contribution is -0.130. The van der Waals surface area contributed by atoms with Crippen LogP contribution in [0.2, 0.25) is 5.02 Å². The van der Waals surface area contributed by atoms with Gasteiger partial charge in [-0.15, -0.1) is 0 Å². The second kappa shape index (κ2) is 21.2. The molecule has 13 heteroatoms. The number of rotatable bonds is 23. The Morgan fingerprint density at radius 1 is 0.862 bits per heavy atom. The predicted octanol–water partition coefficient (Wildman–Crippen LogP) is 7.83. The van der Waals surface area contributed by atoms with Crippen LogP contribution in [0, 0.1) is 19.7 Å². The van der Waals surface area contributed by atoms with Crippen molar-refractivity contribution in [3.8, 4) is 17.0 Å². The molecule has 58 heavy (non-hydrogen) atoms. The van der Waals surface area contributed by atoms with Crippen LogP contribution in [0.5, 0.6) is 5.75 Å². The first-order chi connectivity index (χ1) is 28.2. The Hall–Kier alpha value is -4.85. The molecule has 1 amide bonds. The van der Waals surface area contributed by atoms with Gasteiger partial charge in [0.25, 0.3) is 0 Å². The quantitative estimate of drug-likeness (QED) is 0.0654. The largest absolute Gasteiger partial charge is 0.494 e. The molecular formula is C45H54ClFN6O5. The fraction of sp³-hybridized carbons (Fsp3) is 0.400. The number of carbonyl (C=O) groups is 1. The van der Waals surface area contributed by atoms with E-state index in [1.807, 2.05) is 104 Å². The van der Waals surface area contributed by atoms with Gasteiger partial charge in [-0.05, 0) is 99.5 Å². The van der Waals surface area contributed by atoms with Gasteiger partial charge >= 0.3 is 0 Å². The first-order valence-corrected chi connectivity index (χ1v) is 20.4. The number of aryl methyl sites for hydroxylation is 2. The van der Waals surface area contributed by atoms with Gasteiger partial charge in [-0.1, -0.05) is 23.7 Å². The van der Waals surface area contributed by atoms with Gasteiger partial charge in [0.2, 0.25) is 5.91 Å². The van der Waals surface area contributed by atoms with E-state index < -0.39 is 0 Å². The molecule has 0 atom stereocenters. The summed E-state index contributed by atoms with van der Waals surface area (Å²) < 4.78 is 41.4. The monoisotopic (exact) mass is 812 g/mol. The van der Waals surface area contributed by atoms with E-state index in [1.165, 1.54) is 0 Å². The van der Waals surface area contributed by atoms with E-state index in [0.29, 0.717) is 84.0 Å². The molecule has 11 nitrogen and oxygen atoms in total. The third-order valence-electron chi connectivity index (χ3n) is 9.95. The highest BCUT2D eigenvalue weighted by Gasteiger charge is 2.22. The van der Waals surface area contributed by atoms with Crippen molar-refractivity contribution in [2.45, 2.75) is 53.6 Å². The Labute approximate surface area is 345 Å². The Kier molecular flexibility index (Phi) is 15.7. The number of aromatic nitrogens is 4. The molecule has 0 radical (unpaired) electrons. The lowest BCUT2D eigenvalue weighted by Crippen LogP contribution is -2.31. The van der Waals surface area contributed by atoms with E-state index in [1.54, 1.807) is 12.1 Å². The number of amides is 1. The molecule has 0 aliphatic heterocycles. The van der Waals surface area contributed by atoms with Crippen molar-refractivity contribution in [3.05, 3.63) is 118 Å². The van der Waals surface area contributed by atoms with Crippen LogP contribution in [0.15, 0.2) is 79.0 Å². The number of halogens is 2. The average molecular weight is 813 g/mol. The van der Waals surface area contributed by atoms with E-state index in [2.05, 4.69) is 9.88 Å². The van der Waals surface area contributed by atoms with Gasteiger partial charge in [-0.25, -0.2) is 13.9 Å². The zero-order chi connectivity index (χ0) is 40.9. The maximum absolute atomic E-state index is 14.5. The molecule has 3 aromatic heterocycles. The summed E-state index contributed by atoms with van der Waals surface area (Å²) in [6.45, 7) is 14.6. The molecule has 3 aromatic carbocycles. The molecule has 308 valence electrons. The molecule has 0 spiro atoms. The van der Waals surface area contributed by atoms with Crippen LogP contribution < -0.4 is 10.1 Å². The molecule has 1 N–H and O–H groups in total. The summed E-state index contributed by atoms with van der Waals surface area (Å²) in [6, 6.07) is 22.7. The van der Waals surface area contributed by atoms with E-state index in [9.17, 15) is 9.18 Å². The van der Waals surface area contributed by atoms with Gasteiger partial charge < -0.3 is 33.7 Å². The minimum absolute atomic E-state index is 0.0605. The van der Waals surface area contributed by atoms with Crippen molar-refractivity contribution in [2.24, 2.45) is 0 Å². The van der Waals surface area contributed by atoms with E-state index >= 15 is 0 Å². The van der Waals surface area contributed by atoms with Crippen LogP contribution in [0.4, 0.5) is 4.39 Å². The summed E-state index contributed by atoms with van der Waals surface area (Å²) in [4.78, 5) is 19.7. The number of hydrogen-bond donors (Lipinski definition) is 1. The maximum Gasteiger partial charge on any atom is 0.227 e. The summed E-state index contributed by atoms with van der Waals surface area (Å²) in [6.07, 6.45) is 2.97. The Morgan fingerprint density at radius 2 is 1.57 bits per heavy atom. The second-order valence-electron chi connectivity index (χ2n) is 14.2. The van der Waals surface area contributed by atoms with Crippen molar-refractivity contribution < 1.29 is 28.1 Å². The summed E-state index contributed by atoms with van der Waals surface area (Å²) in [7, 11) is 0. The molecule has 0 aliphatic rings. The predicted molar refractivity (Wildman–Crippen MR) is 226 cm³/mol. The molecule has 3 heterocycles. The van der Waals surface area contributed by atoms with Crippen LogP contribution in [0.25, 0.3) is 27.8 Å². The van der Waals surface area contributed by atoms with E-state index in [-0.39, 0.29) is 18.1 Å². The SMILES string of the molecule is CCN(CC)C(=O)Cc1c(-c2ccc(OCCCOCCOCCOCCNCc3cc(F)cc4c3ccn4Cc3ccc(Cl)cc3)cc2)nn2c(C)cc(C)nc12. The number of nitrogens with one attached hydrogen (secondary N) is 1. The van der Waals surface area contributed by atoms with E-state index in [0.717, 1.165) is 68.1 Å². The summed E-state index contributed by atoms with van der Waals surface area (Å²) in [5, 5.41) is 9.96. The highest BCUT2D eigenvalue weighted by molar-refractivity contribution is 6.30. The first-order valence-electron chi connectivity index (χ1n) is 20.1. The molecule has 0 bridgehead atoms. The molecule has 6 aromatic rings. The number of nitrogens with zero attached hydrogens (tertiary/aromatic N) is 5. The number of ether oxygens (including phenoxy) is 4. The summed E-state index contributed by atoms with van der Waals surface area (Å²) in [5.41, 5.74) is 7.94. The smallest absolute Gasteiger partial charge is 0.227 e. The van der Waals surface area contributed by atoms with Crippen LogP contribution in [0.1, 0.15) is 48.3 Å². The molecule has 0 fully saturated rings. The van der Waals surface area contributed by atoms with Gasteiger partial charge in [0, 0.05) is 84.9 Å². The third kappa shape index (κ3) is 11.4. The zero-order valence-corrected chi connectivity index (χ0v) is 34.7.